The second-order valence-corrected chi connectivity index (χ2v) is 8.83. The van der Waals surface area contributed by atoms with Gasteiger partial charge in [-0.1, -0.05) is 23.2 Å². The third kappa shape index (κ3) is 4.94. The standard InChI is InChI=1S/C11H6BrCl2NO3S2.Na/c12-9-3-4-10(19-9)20(17,18)15-11(16)7-2-1-6(13)5-8(7)14;/h1-5H,(H,15,16);/q;+1. The van der Waals surface area contributed by atoms with Crippen molar-refractivity contribution in [2.24, 2.45) is 0 Å². The molecule has 21 heavy (non-hydrogen) atoms. The number of thiophene rings is 1. The van der Waals surface area contributed by atoms with Crippen LogP contribution in [-0.2, 0) is 10.0 Å². The van der Waals surface area contributed by atoms with Crippen molar-refractivity contribution in [1.82, 2.24) is 4.72 Å². The maximum absolute atomic E-state index is 12.0. The fourth-order valence-electron chi connectivity index (χ4n) is 1.34. The van der Waals surface area contributed by atoms with Gasteiger partial charge in [0.25, 0.3) is 15.9 Å². The van der Waals surface area contributed by atoms with Crippen LogP contribution in [0.3, 0.4) is 0 Å². The van der Waals surface area contributed by atoms with Crippen molar-refractivity contribution in [3.05, 3.63) is 49.7 Å². The van der Waals surface area contributed by atoms with Crippen LogP contribution in [0, 0.1) is 0 Å². The molecule has 0 spiro atoms. The van der Waals surface area contributed by atoms with Gasteiger partial charge in [0.05, 0.1) is 14.4 Å². The zero-order chi connectivity index (χ0) is 14.9. The minimum Gasteiger partial charge on any atom is -0.268 e. The maximum atomic E-state index is 12.0. The zero-order valence-corrected chi connectivity index (χ0v) is 17.3. The Labute approximate surface area is 166 Å². The summed E-state index contributed by atoms with van der Waals surface area (Å²) >= 11 is 15.7. The monoisotopic (exact) mass is 436 g/mol. The second kappa shape index (κ2) is 7.79. The van der Waals surface area contributed by atoms with Crippen LogP contribution in [0.15, 0.2) is 38.3 Å². The van der Waals surface area contributed by atoms with Crippen molar-refractivity contribution in [2.75, 3.05) is 0 Å². The summed E-state index contributed by atoms with van der Waals surface area (Å²) in [4.78, 5) is 11.9. The summed E-state index contributed by atoms with van der Waals surface area (Å²) < 4.78 is 26.6. The molecule has 10 heteroatoms. The molecule has 0 aliphatic carbocycles. The first-order chi connectivity index (χ1) is 9.29. The predicted octanol–water partition coefficient (Wildman–Crippen LogP) is 0.940. The molecular weight excluding hydrogens is 432 g/mol. The van der Waals surface area contributed by atoms with E-state index in [0.717, 1.165) is 11.3 Å². The number of rotatable bonds is 3. The number of benzene rings is 1. The van der Waals surface area contributed by atoms with Gasteiger partial charge in [0.15, 0.2) is 0 Å². The molecule has 4 nitrogen and oxygen atoms in total. The van der Waals surface area contributed by atoms with E-state index < -0.39 is 15.9 Å². The van der Waals surface area contributed by atoms with Crippen molar-refractivity contribution in [3.63, 3.8) is 0 Å². The Morgan fingerprint density at radius 2 is 1.86 bits per heavy atom. The van der Waals surface area contributed by atoms with E-state index in [1.165, 1.54) is 24.3 Å². The van der Waals surface area contributed by atoms with E-state index in [9.17, 15) is 13.2 Å². The summed E-state index contributed by atoms with van der Waals surface area (Å²) in [5, 5.41) is 0.439. The van der Waals surface area contributed by atoms with E-state index in [4.69, 9.17) is 23.2 Å². The van der Waals surface area contributed by atoms with Gasteiger partial charge in [0.1, 0.15) is 4.21 Å². The molecule has 1 aromatic heterocycles. The molecule has 2 rings (SSSR count). The predicted molar refractivity (Wildman–Crippen MR) is 83.1 cm³/mol. The average Bonchev–Trinajstić information content (AvgIpc) is 2.75. The average molecular weight is 438 g/mol. The first kappa shape index (κ1) is 19.4. The van der Waals surface area contributed by atoms with Crippen molar-refractivity contribution in [3.8, 4) is 0 Å². The van der Waals surface area contributed by atoms with E-state index in [1.54, 1.807) is 6.07 Å². The van der Waals surface area contributed by atoms with Gasteiger partial charge >= 0.3 is 29.6 Å². The SMILES string of the molecule is O=C(NS(=O)(=O)c1ccc(Br)s1)c1ccc(Cl)cc1Cl.[Na+]. The fourth-order valence-corrected chi connectivity index (χ4v) is 4.81. The van der Waals surface area contributed by atoms with Crippen molar-refractivity contribution in [2.45, 2.75) is 4.21 Å². The molecular formula is C11H6BrCl2NNaO3S2+. The Balaban J connectivity index is 0.00000220. The van der Waals surface area contributed by atoms with Crippen LogP contribution in [0.2, 0.25) is 10.0 Å². The summed E-state index contributed by atoms with van der Waals surface area (Å²) in [6.07, 6.45) is 0. The van der Waals surface area contributed by atoms with E-state index in [2.05, 4.69) is 15.9 Å². The number of amides is 1. The maximum Gasteiger partial charge on any atom is 1.00 e. The molecule has 1 aromatic carbocycles. The van der Waals surface area contributed by atoms with Gasteiger partial charge < -0.3 is 0 Å². The summed E-state index contributed by atoms with van der Waals surface area (Å²) in [5.74, 6) is -0.809. The summed E-state index contributed by atoms with van der Waals surface area (Å²) in [6, 6.07) is 7.16. The number of carbonyl (C=O) groups excluding carboxylic acids is 1. The van der Waals surface area contributed by atoms with E-state index in [1.807, 2.05) is 4.72 Å². The molecule has 0 saturated carbocycles. The Morgan fingerprint density at radius 1 is 1.19 bits per heavy atom. The van der Waals surface area contributed by atoms with Gasteiger partial charge in [0, 0.05) is 5.02 Å². The topological polar surface area (TPSA) is 63.2 Å². The minimum atomic E-state index is -3.92. The van der Waals surface area contributed by atoms with Crippen molar-refractivity contribution >= 4 is 66.4 Å². The number of sulfonamides is 1. The van der Waals surface area contributed by atoms with Crippen LogP contribution < -0.4 is 34.3 Å². The molecule has 0 unspecified atom stereocenters. The fraction of sp³-hybridized carbons (Fsp3) is 0. The molecule has 0 radical (unpaired) electrons. The normalized spacial score (nSPS) is 10.8. The Hall–Kier alpha value is 0.400. The molecule has 2 aromatic rings. The number of hydrogen-bond acceptors (Lipinski definition) is 4. The third-order valence-corrected chi connectivity index (χ3v) is 6.21. The van der Waals surface area contributed by atoms with Crippen LogP contribution in [0.25, 0.3) is 0 Å². The van der Waals surface area contributed by atoms with E-state index in [-0.39, 0.29) is 44.4 Å². The minimum absolute atomic E-state index is 0. The van der Waals surface area contributed by atoms with Gasteiger partial charge in [0.2, 0.25) is 0 Å². The largest absolute Gasteiger partial charge is 1.00 e. The Morgan fingerprint density at radius 3 is 2.38 bits per heavy atom. The number of nitrogens with one attached hydrogen (secondary N) is 1. The molecule has 0 fully saturated rings. The molecule has 0 saturated heterocycles. The second-order valence-electron chi connectivity index (χ2n) is 3.62. The molecule has 0 bridgehead atoms. The smallest absolute Gasteiger partial charge is 0.268 e. The van der Waals surface area contributed by atoms with Gasteiger partial charge in [-0.05, 0) is 46.3 Å². The molecule has 0 aliphatic heterocycles. The number of hydrogen-bond donors (Lipinski definition) is 1. The summed E-state index contributed by atoms with van der Waals surface area (Å²) in [5.41, 5.74) is 0.0373. The van der Waals surface area contributed by atoms with Crippen molar-refractivity contribution < 1.29 is 42.8 Å². The molecule has 1 heterocycles. The molecule has 0 atom stereocenters. The number of halogens is 3. The van der Waals surface area contributed by atoms with Crippen LogP contribution in [0.5, 0.6) is 0 Å². The first-order valence-electron chi connectivity index (χ1n) is 5.07. The zero-order valence-electron chi connectivity index (χ0n) is 10.6. The van der Waals surface area contributed by atoms with Crippen LogP contribution >= 0.6 is 50.5 Å². The Bertz CT molecular complexity index is 780. The van der Waals surface area contributed by atoms with Crippen molar-refractivity contribution in [1.29, 1.82) is 0 Å². The van der Waals surface area contributed by atoms with Gasteiger partial charge in [-0.25, -0.2) is 13.1 Å². The molecule has 1 amide bonds. The summed E-state index contributed by atoms with van der Waals surface area (Å²) in [7, 11) is -3.92. The molecule has 0 aliphatic rings. The quantitative estimate of drug-likeness (QED) is 0.727. The van der Waals surface area contributed by atoms with Crippen LogP contribution in [0.4, 0.5) is 0 Å². The third-order valence-electron chi connectivity index (χ3n) is 2.22. The molecule has 106 valence electrons. The van der Waals surface area contributed by atoms with Gasteiger partial charge in [-0.3, -0.25) is 4.79 Å². The van der Waals surface area contributed by atoms with Crippen LogP contribution in [-0.4, -0.2) is 14.3 Å². The number of carbonyl (C=O) groups is 1. The van der Waals surface area contributed by atoms with E-state index >= 15 is 0 Å². The molecule has 1 N–H and O–H groups in total. The van der Waals surface area contributed by atoms with Crippen LogP contribution in [0.1, 0.15) is 10.4 Å². The first-order valence-corrected chi connectivity index (χ1v) is 8.92. The van der Waals surface area contributed by atoms with Gasteiger partial charge in [-0.2, -0.15) is 0 Å². The Kier molecular flexibility index (Phi) is 7.21. The van der Waals surface area contributed by atoms with Gasteiger partial charge in [-0.15, -0.1) is 11.3 Å². The van der Waals surface area contributed by atoms with E-state index in [0.29, 0.717) is 8.81 Å². The summed E-state index contributed by atoms with van der Waals surface area (Å²) in [6.45, 7) is 0.